The summed E-state index contributed by atoms with van der Waals surface area (Å²) >= 11 is 6.07. The van der Waals surface area contributed by atoms with E-state index in [-0.39, 0.29) is 17.2 Å². The van der Waals surface area contributed by atoms with Gasteiger partial charge in [0.05, 0.1) is 19.2 Å². The van der Waals surface area contributed by atoms with E-state index in [0.717, 1.165) is 0 Å². The molecule has 0 fully saturated rings. The maximum Gasteiger partial charge on any atom is 0.389 e. The van der Waals surface area contributed by atoms with Gasteiger partial charge in [0, 0.05) is 12.5 Å². The predicted octanol–water partition coefficient (Wildman–Crippen LogP) is 3.70. The molecule has 0 aliphatic rings. The topological polar surface area (TPSA) is 44.5 Å². The van der Waals surface area contributed by atoms with Gasteiger partial charge in [-0.05, 0) is 18.1 Å². The van der Waals surface area contributed by atoms with Crippen LogP contribution in [0.25, 0.3) is 0 Å². The summed E-state index contributed by atoms with van der Waals surface area (Å²) in [7, 11) is 2.84. The lowest BCUT2D eigenvalue weighted by Gasteiger charge is -2.18. The van der Waals surface area contributed by atoms with E-state index in [4.69, 9.17) is 26.8 Å². The van der Waals surface area contributed by atoms with Crippen molar-refractivity contribution in [2.24, 2.45) is 5.73 Å². The molecule has 108 valence electrons. The van der Waals surface area contributed by atoms with Crippen molar-refractivity contribution in [1.29, 1.82) is 0 Å². The minimum atomic E-state index is -4.24. The Hall–Kier alpha value is -1.14. The Morgan fingerprint density at radius 3 is 2.37 bits per heavy atom. The number of ether oxygens (including phenoxy) is 2. The molecule has 1 aromatic carbocycles. The highest BCUT2D eigenvalue weighted by molar-refractivity contribution is 6.33. The van der Waals surface area contributed by atoms with Gasteiger partial charge in [0.15, 0.2) is 11.5 Å². The Balaban J connectivity index is 2.95. The van der Waals surface area contributed by atoms with Crippen LogP contribution in [-0.2, 0) is 0 Å². The third-order valence-electron chi connectivity index (χ3n) is 2.65. The molecule has 0 aromatic heterocycles. The van der Waals surface area contributed by atoms with Crippen molar-refractivity contribution >= 4 is 11.6 Å². The normalized spacial score (nSPS) is 13.2. The number of hydrogen-bond donors (Lipinski definition) is 1. The third-order valence-corrected chi connectivity index (χ3v) is 3.04. The fourth-order valence-electron chi connectivity index (χ4n) is 1.67. The lowest BCUT2D eigenvalue weighted by atomic mass is 10.0. The number of hydrogen-bond acceptors (Lipinski definition) is 3. The molecule has 1 rings (SSSR count). The summed E-state index contributed by atoms with van der Waals surface area (Å²) in [4.78, 5) is 0. The van der Waals surface area contributed by atoms with E-state index in [1.807, 2.05) is 0 Å². The largest absolute Gasteiger partial charge is 0.493 e. The van der Waals surface area contributed by atoms with Gasteiger partial charge in [-0.2, -0.15) is 13.2 Å². The van der Waals surface area contributed by atoms with E-state index in [2.05, 4.69) is 0 Å². The van der Waals surface area contributed by atoms with Crippen molar-refractivity contribution in [1.82, 2.24) is 0 Å². The average molecular weight is 298 g/mol. The third kappa shape index (κ3) is 4.18. The van der Waals surface area contributed by atoms with Crippen molar-refractivity contribution < 1.29 is 22.6 Å². The van der Waals surface area contributed by atoms with Gasteiger partial charge in [-0.3, -0.25) is 0 Å². The monoisotopic (exact) mass is 297 g/mol. The molecule has 0 heterocycles. The standard InChI is InChI=1S/C12H15ClF3NO2/c1-18-9-4-3-7(10(13)11(9)19-2)8(17)5-6-12(14,15)16/h3-4,8H,5-6,17H2,1-2H3/t8-/m0/s1. The summed E-state index contributed by atoms with van der Waals surface area (Å²) in [6, 6.07) is 2.30. The maximum atomic E-state index is 12.2. The summed E-state index contributed by atoms with van der Waals surface area (Å²) in [6.45, 7) is 0. The second-order valence-corrected chi connectivity index (χ2v) is 4.34. The highest BCUT2D eigenvalue weighted by atomic mass is 35.5. The molecule has 1 atom stereocenters. The van der Waals surface area contributed by atoms with Gasteiger partial charge in [0.25, 0.3) is 0 Å². The molecule has 0 spiro atoms. The number of methoxy groups -OCH3 is 2. The van der Waals surface area contributed by atoms with Crippen LogP contribution < -0.4 is 15.2 Å². The molecular weight excluding hydrogens is 283 g/mol. The zero-order valence-electron chi connectivity index (χ0n) is 10.6. The van der Waals surface area contributed by atoms with Crippen LogP contribution in [-0.4, -0.2) is 20.4 Å². The SMILES string of the molecule is COc1ccc([C@@H](N)CCC(F)(F)F)c(Cl)c1OC. The zero-order valence-corrected chi connectivity index (χ0v) is 11.3. The van der Waals surface area contributed by atoms with Crippen LogP contribution in [0.15, 0.2) is 12.1 Å². The van der Waals surface area contributed by atoms with E-state index in [0.29, 0.717) is 11.3 Å². The van der Waals surface area contributed by atoms with Gasteiger partial charge >= 0.3 is 6.18 Å². The highest BCUT2D eigenvalue weighted by Crippen LogP contribution is 2.40. The molecule has 0 aliphatic heterocycles. The molecule has 0 aliphatic carbocycles. The van der Waals surface area contributed by atoms with Crippen LogP contribution >= 0.6 is 11.6 Å². The van der Waals surface area contributed by atoms with Crippen LogP contribution in [0.2, 0.25) is 5.02 Å². The van der Waals surface area contributed by atoms with Crippen molar-refractivity contribution in [2.75, 3.05) is 14.2 Å². The second-order valence-electron chi connectivity index (χ2n) is 3.96. The van der Waals surface area contributed by atoms with Gasteiger partial charge in [-0.15, -0.1) is 0 Å². The lowest BCUT2D eigenvalue weighted by molar-refractivity contribution is -0.136. The number of alkyl halides is 3. The smallest absolute Gasteiger partial charge is 0.389 e. The van der Waals surface area contributed by atoms with Crippen molar-refractivity contribution in [2.45, 2.75) is 25.1 Å². The summed E-state index contributed by atoms with van der Waals surface area (Å²) in [5.41, 5.74) is 6.14. The molecular formula is C12H15ClF3NO2. The van der Waals surface area contributed by atoms with Crippen LogP contribution in [0, 0.1) is 0 Å². The lowest BCUT2D eigenvalue weighted by Crippen LogP contribution is -2.16. The van der Waals surface area contributed by atoms with Gasteiger partial charge in [0.1, 0.15) is 0 Å². The first kappa shape index (κ1) is 15.9. The highest BCUT2D eigenvalue weighted by Gasteiger charge is 2.28. The van der Waals surface area contributed by atoms with Crippen molar-refractivity contribution in [3.8, 4) is 11.5 Å². The first-order valence-corrected chi connectivity index (χ1v) is 5.90. The molecule has 0 saturated carbocycles. The van der Waals surface area contributed by atoms with E-state index in [1.54, 1.807) is 12.1 Å². The van der Waals surface area contributed by atoms with Crippen LogP contribution in [0.3, 0.4) is 0 Å². The van der Waals surface area contributed by atoms with Gasteiger partial charge in [-0.1, -0.05) is 17.7 Å². The van der Waals surface area contributed by atoms with Crippen molar-refractivity contribution in [3.63, 3.8) is 0 Å². The molecule has 3 nitrogen and oxygen atoms in total. The Bertz CT molecular complexity index is 438. The van der Waals surface area contributed by atoms with E-state index in [9.17, 15) is 13.2 Å². The molecule has 0 saturated heterocycles. The van der Waals surface area contributed by atoms with Gasteiger partial charge < -0.3 is 15.2 Å². The first-order chi connectivity index (χ1) is 8.80. The quantitative estimate of drug-likeness (QED) is 0.901. The maximum absolute atomic E-state index is 12.2. The summed E-state index contributed by atoms with van der Waals surface area (Å²) in [5.74, 6) is 0.670. The van der Waals surface area contributed by atoms with Crippen LogP contribution in [0.5, 0.6) is 11.5 Å². The molecule has 0 unspecified atom stereocenters. The van der Waals surface area contributed by atoms with Crippen LogP contribution in [0.1, 0.15) is 24.4 Å². The number of benzene rings is 1. The Morgan fingerprint density at radius 1 is 1.26 bits per heavy atom. The van der Waals surface area contributed by atoms with Crippen LogP contribution in [0.4, 0.5) is 13.2 Å². The Morgan fingerprint density at radius 2 is 1.89 bits per heavy atom. The minimum absolute atomic E-state index is 0.177. The molecule has 0 radical (unpaired) electrons. The fourth-order valence-corrected chi connectivity index (χ4v) is 2.04. The summed E-state index contributed by atoms with van der Waals surface area (Å²) in [5, 5.41) is 0.177. The predicted molar refractivity (Wildman–Crippen MR) is 66.8 cm³/mol. The number of halogens is 4. The van der Waals surface area contributed by atoms with Crippen molar-refractivity contribution in [3.05, 3.63) is 22.7 Å². The second kappa shape index (κ2) is 6.34. The number of rotatable bonds is 5. The van der Waals surface area contributed by atoms with Gasteiger partial charge in [0.2, 0.25) is 0 Å². The fraction of sp³-hybridized carbons (Fsp3) is 0.500. The molecule has 19 heavy (non-hydrogen) atoms. The Labute approximate surface area is 114 Å². The molecule has 1 aromatic rings. The van der Waals surface area contributed by atoms with E-state index >= 15 is 0 Å². The minimum Gasteiger partial charge on any atom is -0.493 e. The molecule has 7 heteroatoms. The average Bonchev–Trinajstić information content (AvgIpc) is 2.34. The first-order valence-electron chi connectivity index (χ1n) is 5.53. The number of nitrogens with two attached hydrogens (primary N) is 1. The Kier molecular flexibility index (Phi) is 5.31. The molecule has 0 bridgehead atoms. The summed E-state index contributed by atoms with van der Waals surface area (Å²) < 4.78 is 46.6. The summed E-state index contributed by atoms with van der Waals surface area (Å²) in [6.07, 6.45) is -5.43. The molecule has 0 amide bonds. The van der Waals surface area contributed by atoms with Gasteiger partial charge in [-0.25, -0.2) is 0 Å². The zero-order chi connectivity index (χ0) is 14.6. The molecule has 2 N–H and O–H groups in total. The van der Waals surface area contributed by atoms with E-state index < -0.39 is 18.6 Å². The van der Waals surface area contributed by atoms with E-state index in [1.165, 1.54) is 14.2 Å².